The van der Waals surface area contributed by atoms with Crippen LogP contribution in [0, 0.1) is 0 Å². The van der Waals surface area contributed by atoms with Gasteiger partial charge in [-0.25, -0.2) is 0 Å². The number of carbonyl (C=O) groups is 2. The first-order valence-electron chi connectivity index (χ1n) is 18.4. The van der Waals surface area contributed by atoms with Gasteiger partial charge in [-0.2, -0.15) is 0 Å². The number of hydrogen-bond acceptors (Lipinski definition) is 11. The van der Waals surface area contributed by atoms with Crippen molar-refractivity contribution < 1.29 is 47.5 Å². The summed E-state index contributed by atoms with van der Waals surface area (Å²) in [7, 11) is 0. The number of ether oxygens (including phenoxy) is 8. The highest BCUT2D eigenvalue weighted by atomic mass is 16.5. The summed E-state index contributed by atoms with van der Waals surface area (Å²) in [6.45, 7) is 14.3. The molecule has 1 unspecified atom stereocenters. The van der Waals surface area contributed by atoms with E-state index in [1.54, 1.807) is 12.1 Å². The number of benzene rings is 1. The summed E-state index contributed by atoms with van der Waals surface area (Å²) >= 11 is 0. The van der Waals surface area contributed by atoms with Crippen molar-refractivity contribution in [1.82, 2.24) is 10.6 Å². The average Bonchev–Trinajstić information content (AvgIpc) is 3.12. The van der Waals surface area contributed by atoms with Gasteiger partial charge in [0.05, 0.1) is 25.8 Å². The van der Waals surface area contributed by atoms with Crippen LogP contribution in [-0.4, -0.2) is 137 Å². The molecule has 0 aromatic heterocycles. The number of carbonyl (C=O) groups excluding carboxylic acids is 2. The van der Waals surface area contributed by atoms with Crippen molar-refractivity contribution in [2.24, 2.45) is 0 Å². The SMILES string of the molecule is CCCOCCCOCCCOCCCOCC(CNC(=O)CNCC(=O)c1ccccc1)OCCCOCCCOCCCOCCC. The zero-order chi connectivity index (χ0) is 35.3. The molecule has 12 heteroatoms. The van der Waals surface area contributed by atoms with Crippen molar-refractivity contribution >= 4 is 11.7 Å². The van der Waals surface area contributed by atoms with E-state index in [1.165, 1.54) is 0 Å². The molecule has 0 saturated heterocycles. The summed E-state index contributed by atoms with van der Waals surface area (Å²) in [5.41, 5.74) is 0.612. The molecular weight excluding hydrogens is 632 g/mol. The Morgan fingerprint density at radius 1 is 0.551 bits per heavy atom. The van der Waals surface area contributed by atoms with E-state index in [2.05, 4.69) is 24.5 Å². The molecule has 0 aliphatic heterocycles. The molecule has 0 aliphatic rings. The fourth-order valence-corrected chi connectivity index (χ4v) is 4.31. The number of nitrogens with one attached hydrogen (secondary N) is 2. The average molecular weight is 699 g/mol. The van der Waals surface area contributed by atoms with Crippen LogP contribution in [0.15, 0.2) is 30.3 Å². The monoisotopic (exact) mass is 698 g/mol. The molecule has 49 heavy (non-hydrogen) atoms. The summed E-state index contributed by atoms with van der Waals surface area (Å²) in [5.74, 6) is -0.276. The molecule has 12 nitrogen and oxygen atoms in total. The van der Waals surface area contributed by atoms with Gasteiger partial charge in [-0.1, -0.05) is 44.2 Å². The van der Waals surface area contributed by atoms with E-state index < -0.39 is 0 Å². The fraction of sp³-hybridized carbons (Fsp3) is 0.784. The predicted octanol–water partition coefficient (Wildman–Crippen LogP) is 4.24. The van der Waals surface area contributed by atoms with E-state index in [4.69, 9.17) is 37.9 Å². The highest BCUT2D eigenvalue weighted by molar-refractivity contribution is 5.97. The van der Waals surface area contributed by atoms with Gasteiger partial charge in [0.15, 0.2) is 5.78 Å². The second-order valence-corrected chi connectivity index (χ2v) is 11.6. The van der Waals surface area contributed by atoms with Crippen molar-refractivity contribution in [3.05, 3.63) is 35.9 Å². The molecule has 2 N–H and O–H groups in total. The smallest absolute Gasteiger partial charge is 0.234 e. The van der Waals surface area contributed by atoms with Gasteiger partial charge in [-0.3, -0.25) is 9.59 Å². The largest absolute Gasteiger partial charge is 0.381 e. The first-order chi connectivity index (χ1) is 24.2. The second kappa shape index (κ2) is 35.8. The number of Topliss-reactive ketones (excluding diaryl/α,β-unsaturated/α-hetero) is 1. The highest BCUT2D eigenvalue weighted by Crippen LogP contribution is 2.00. The summed E-state index contributed by atoms with van der Waals surface area (Å²) in [5, 5.41) is 5.80. The zero-order valence-corrected chi connectivity index (χ0v) is 30.4. The van der Waals surface area contributed by atoms with Crippen LogP contribution in [0.1, 0.15) is 75.6 Å². The molecule has 284 valence electrons. The Balaban J connectivity index is 2.19. The molecule has 0 spiro atoms. The molecule has 0 fully saturated rings. The molecule has 1 aromatic carbocycles. The Kier molecular flexibility index (Phi) is 32.9. The molecule has 1 amide bonds. The molecular formula is C37H66N2O10. The Morgan fingerprint density at radius 3 is 1.45 bits per heavy atom. The molecule has 1 atom stereocenters. The van der Waals surface area contributed by atoms with Crippen molar-refractivity contribution in [1.29, 1.82) is 0 Å². The minimum Gasteiger partial charge on any atom is -0.381 e. The van der Waals surface area contributed by atoms with Crippen molar-refractivity contribution in [2.45, 2.75) is 71.3 Å². The van der Waals surface area contributed by atoms with Crippen molar-refractivity contribution in [2.75, 3.05) is 119 Å². The van der Waals surface area contributed by atoms with E-state index in [-0.39, 0.29) is 30.9 Å². The van der Waals surface area contributed by atoms with Gasteiger partial charge in [0.1, 0.15) is 0 Å². The third-order valence-corrected chi connectivity index (χ3v) is 6.87. The maximum atomic E-state index is 12.4. The lowest BCUT2D eigenvalue weighted by molar-refractivity contribution is -0.121. The minimum absolute atomic E-state index is 0.0338. The number of hydrogen-bond donors (Lipinski definition) is 2. The summed E-state index contributed by atoms with van der Waals surface area (Å²) < 4.78 is 45.4. The van der Waals surface area contributed by atoms with Gasteiger partial charge in [-0.15, -0.1) is 0 Å². The standard InChI is InChI=1S/C37H66N2O10/c1-3-16-42-18-8-20-44-22-10-24-46-26-12-28-48-33-35(30-39-37(41)32-38-31-36(40)34-14-6-5-7-15-34)49-29-13-27-47-25-11-23-45-21-9-19-43-17-4-2/h5-7,14-15,35,38H,3-4,8-13,16-33H2,1-2H3,(H,39,41). The first kappa shape index (κ1) is 45.0. The topological polar surface area (TPSA) is 132 Å². The zero-order valence-electron chi connectivity index (χ0n) is 30.4. The normalized spacial score (nSPS) is 12.0. The van der Waals surface area contributed by atoms with Crippen molar-refractivity contribution in [3.8, 4) is 0 Å². The fourth-order valence-electron chi connectivity index (χ4n) is 4.31. The summed E-state index contributed by atoms with van der Waals surface area (Å²) in [6.07, 6.45) is 6.79. The Labute approximate surface area is 295 Å². The molecule has 1 rings (SSSR count). The van der Waals surface area contributed by atoms with Crippen LogP contribution in [0.3, 0.4) is 0 Å². The Bertz CT molecular complexity index is 865. The van der Waals surface area contributed by atoms with Crippen LogP contribution in [0.25, 0.3) is 0 Å². The van der Waals surface area contributed by atoms with Gasteiger partial charge < -0.3 is 48.5 Å². The summed E-state index contributed by atoms with van der Waals surface area (Å²) in [4.78, 5) is 24.7. The third-order valence-electron chi connectivity index (χ3n) is 6.87. The molecule has 0 aliphatic carbocycles. The number of rotatable bonds is 38. The van der Waals surface area contributed by atoms with Crippen molar-refractivity contribution in [3.63, 3.8) is 0 Å². The van der Waals surface area contributed by atoms with Crippen LogP contribution < -0.4 is 10.6 Å². The summed E-state index contributed by atoms with van der Waals surface area (Å²) in [6, 6.07) is 9.01. The quantitative estimate of drug-likeness (QED) is 0.0760. The molecule has 0 radical (unpaired) electrons. The van der Waals surface area contributed by atoms with Gasteiger partial charge >= 0.3 is 0 Å². The van der Waals surface area contributed by atoms with E-state index >= 15 is 0 Å². The third kappa shape index (κ3) is 30.5. The van der Waals surface area contributed by atoms with E-state index in [9.17, 15) is 9.59 Å². The van der Waals surface area contributed by atoms with E-state index in [0.717, 1.165) is 77.8 Å². The highest BCUT2D eigenvalue weighted by Gasteiger charge is 2.13. The van der Waals surface area contributed by atoms with Gasteiger partial charge in [0.2, 0.25) is 5.91 Å². The lowest BCUT2D eigenvalue weighted by Gasteiger charge is -2.19. The number of ketones is 1. The maximum Gasteiger partial charge on any atom is 0.234 e. The van der Waals surface area contributed by atoms with Crippen LogP contribution >= 0.6 is 0 Å². The maximum absolute atomic E-state index is 12.4. The van der Waals surface area contributed by atoms with Crippen LogP contribution in [0.5, 0.6) is 0 Å². The van der Waals surface area contributed by atoms with Gasteiger partial charge in [-0.05, 0) is 51.4 Å². The molecule has 0 bridgehead atoms. The van der Waals surface area contributed by atoms with E-state index in [1.807, 2.05) is 18.2 Å². The minimum atomic E-state index is -0.310. The van der Waals surface area contributed by atoms with Crippen LogP contribution in [0.2, 0.25) is 0 Å². The molecule has 0 heterocycles. The van der Waals surface area contributed by atoms with Gasteiger partial charge in [0, 0.05) is 105 Å². The Hall–Kier alpha value is -2.00. The lowest BCUT2D eigenvalue weighted by Crippen LogP contribution is -2.41. The lowest BCUT2D eigenvalue weighted by atomic mass is 10.1. The van der Waals surface area contributed by atoms with Crippen LogP contribution in [0.4, 0.5) is 0 Å². The Morgan fingerprint density at radius 2 is 0.980 bits per heavy atom. The predicted molar refractivity (Wildman–Crippen MR) is 190 cm³/mol. The van der Waals surface area contributed by atoms with E-state index in [0.29, 0.717) is 84.8 Å². The molecule has 0 saturated carbocycles. The number of amides is 1. The second-order valence-electron chi connectivity index (χ2n) is 11.6. The molecule has 1 aromatic rings. The van der Waals surface area contributed by atoms with Gasteiger partial charge in [0.25, 0.3) is 0 Å². The van der Waals surface area contributed by atoms with Crippen LogP contribution in [-0.2, 0) is 42.7 Å². The first-order valence-corrected chi connectivity index (χ1v) is 18.4.